The first-order valence-corrected chi connectivity index (χ1v) is 5.97. The third-order valence-electron chi connectivity index (χ3n) is 2.43. The Morgan fingerprint density at radius 3 is 2.61 bits per heavy atom. The lowest BCUT2D eigenvalue weighted by molar-refractivity contribution is -0.120. The second-order valence-electron chi connectivity index (χ2n) is 3.85. The lowest BCUT2D eigenvalue weighted by Gasteiger charge is -2.04. The standard InChI is InChI=1S/C11H19N5O2/c1-3-5-13-8(17)6-14-11(18)10-9(12)7(4-2)15-16-10/h3-6,12H2,1-2H3,(H,13,17)(H,14,18)(H,15,16). The van der Waals surface area contributed by atoms with Gasteiger partial charge in [-0.15, -0.1) is 0 Å². The van der Waals surface area contributed by atoms with E-state index in [-0.39, 0.29) is 18.1 Å². The van der Waals surface area contributed by atoms with E-state index in [1.165, 1.54) is 0 Å². The fraction of sp³-hybridized carbons (Fsp3) is 0.545. The summed E-state index contributed by atoms with van der Waals surface area (Å²) in [6, 6.07) is 0. The summed E-state index contributed by atoms with van der Waals surface area (Å²) in [5.74, 6) is -0.676. The van der Waals surface area contributed by atoms with Crippen LogP contribution < -0.4 is 16.4 Å². The fourth-order valence-corrected chi connectivity index (χ4v) is 1.40. The van der Waals surface area contributed by atoms with Crippen LogP contribution in [-0.4, -0.2) is 35.1 Å². The van der Waals surface area contributed by atoms with Crippen molar-refractivity contribution < 1.29 is 9.59 Å². The molecule has 5 N–H and O–H groups in total. The molecule has 18 heavy (non-hydrogen) atoms. The van der Waals surface area contributed by atoms with Gasteiger partial charge in [0.1, 0.15) is 0 Å². The third kappa shape index (κ3) is 3.47. The number of carbonyl (C=O) groups is 2. The normalized spacial score (nSPS) is 10.1. The Balaban J connectivity index is 2.50. The van der Waals surface area contributed by atoms with Gasteiger partial charge < -0.3 is 16.4 Å². The predicted molar refractivity (Wildman–Crippen MR) is 68.0 cm³/mol. The van der Waals surface area contributed by atoms with Crippen LogP contribution in [0.1, 0.15) is 36.5 Å². The molecule has 1 rings (SSSR count). The lowest BCUT2D eigenvalue weighted by Crippen LogP contribution is -2.37. The van der Waals surface area contributed by atoms with Crippen molar-refractivity contribution in [3.05, 3.63) is 11.4 Å². The van der Waals surface area contributed by atoms with Crippen molar-refractivity contribution in [1.29, 1.82) is 0 Å². The molecule has 2 amide bonds. The molecule has 100 valence electrons. The van der Waals surface area contributed by atoms with Gasteiger partial charge in [0.25, 0.3) is 5.91 Å². The molecule has 7 heteroatoms. The minimum Gasteiger partial charge on any atom is -0.395 e. The molecule has 1 aromatic heterocycles. The highest BCUT2D eigenvalue weighted by Crippen LogP contribution is 2.13. The number of amides is 2. The first-order valence-electron chi connectivity index (χ1n) is 5.97. The summed E-state index contributed by atoms with van der Waals surface area (Å²) in [5.41, 5.74) is 6.94. The predicted octanol–water partition coefficient (Wildman–Crippen LogP) is -0.190. The number of aromatic amines is 1. The molecule has 0 aromatic carbocycles. The molecule has 0 fully saturated rings. The van der Waals surface area contributed by atoms with Gasteiger partial charge in [-0.1, -0.05) is 13.8 Å². The molecule has 7 nitrogen and oxygen atoms in total. The van der Waals surface area contributed by atoms with Crippen molar-refractivity contribution in [2.45, 2.75) is 26.7 Å². The molecule has 0 spiro atoms. The number of aromatic nitrogens is 2. The minimum absolute atomic E-state index is 0.0768. The summed E-state index contributed by atoms with van der Waals surface area (Å²) in [4.78, 5) is 23.0. The average Bonchev–Trinajstić information content (AvgIpc) is 2.74. The van der Waals surface area contributed by atoms with Crippen LogP contribution >= 0.6 is 0 Å². The summed E-state index contributed by atoms with van der Waals surface area (Å²) in [6.45, 7) is 4.38. The quantitative estimate of drug-likeness (QED) is 0.562. The second-order valence-corrected chi connectivity index (χ2v) is 3.85. The Morgan fingerprint density at radius 2 is 2.06 bits per heavy atom. The van der Waals surface area contributed by atoms with E-state index in [1.807, 2.05) is 13.8 Å². The van der Waals surface area contributed by atoms with Crippen LogP contribution in [0.5, 0.6) is 0 Å². The van der Waals surface area contributed by atoms with Crippen molar-refractivity contribution in [3.63, 3.8) is 0 Å². The molecule has 0 saturated heterocycles. The average molecular weight is 253 g/mol. The maximum atomic E-state index is 11.7. The van der Waals surface area contributed by atoms with Crippen molar-refractivity contribution >= 4 is 17.5 Å². The molecule has 0 aliphatic carbocycles. The SMILES string of the molecule is CCCNC(=O)CNC(=O)c1n[nH]c(CC)c1N. The van der Waals surface area contributed by atoms with Gasteiger partial charge >= 0.3 is 0 Å². The summed E-state index contributed by atoms with van der Waals surface area (Å²) in [6.07, 6.45) is 1.52. The van der Waals surface area contributed by atoms with Gasteiger partial charge in [0, 0.05) is 6.54 Å². The first-order chi connectivity index (χ1) is 8.60. The zero-order valence-corrected chi connectivity index (χ0v) is 10.7. The van der Waals surface area contributed by atoms with Crippen molar-refractivity contribution in [2.75, 3.05) is 18.8 Å². The Morgan fingerprint density at radius 1 is 1.33 bits per heavy atom. The molecular weight excluding hydrogens is 234 g/mol. The highest BCUT2D eigenvalue weighted by Gasteiger charge is 2.16. The summed E-state index contributed by atoms with van der Waals surface area (Å²) < 4.78 is 0. The topological polar surface area (TPSA) is 113 Å². The number of rotatable bonds is 6. The number of nitrogens with one attached hydrogen (secondary N) is 3. The molecule has 0 saturated carbocycles. The van der Waals surface area contributed by atoms with E-state index in [2.05, 4.69) is 20.8 Å². The highest BCUT2D eigenvalue weighted by atomic mass is 16.2. The van der Waals surface area contributed by atoms with Crippen LogP contribution in [0.3, 0.4) is 0 Å². The number of nitrogen functional groups attached to an aromatic ring is 1. The van der Waals surface area contributed by atoms with Crippen LogP contribution in [0, 0.1) is 0 Å². The van der Waals surface area contributed by atoms with E-state index in [0.717, 1.165) is 12.1 Å². The van der Waals surface area contributed by atoms with Gasteiger partial charge in [0.15, 0.2) is 5.69 Å². The van der Waals surface area contributed by atoms with Gasteiger partial charge in [-0.25, -0.2) is 0 Å². The third-order valence-corrected chi connectivity index (χ3v) is 2.43. The Kier molecular flexibility index (Phi) is 5.16. The van der Waals surface area contributed by atoms with Gasteiger partial charge in [-0.2, -0.15) is 5.10 Å². The summed E-state index contributed by atoms with van der Waals surface area (Å²) >= 11 is 0. The number of H-pyrrole nitrogens is 1. The summed E-state index contributed by atoms with van der Waals surface area (Å²) in [5, 5.41) is 11.7. The Bertz CT molecular complexity index is 427. The molecule has 1 heterocycles. The molecule has 0 bridgehead atoms. The van der Waals surface area contributed by atoms with Gasteiger partial charge in [-0.05, 0) is 12.8 Å². The van der Waals surface area contributed by atoms with E-state index < -0.39 is 5.91 Å². The molecule has 0 aliphatic heterocycles. The van der Waals surface area contributed by atoms with Gasteiger partial charge in [0.2, 0.25) is 5.91 Å². The highest BCUT2D eigenvalue weighted by molar-refractivity contribution is 5.99. The van der Waals surface area contributed by atoms with Crippen molar-refractivity contribution in [2.24, 2.45) is 0 Å². The van der Waals surface area contributed by atoms with E-state index in [1.54, 1.807) is 0 Å². The Labute approximate surface area is 106 Å². The minimum atomic E-state index is -0.449. The molecule has 0 radical (unpaired) electrons. The fourth-order valence-electron chi connectivity index (χ4n) is 1.40. The number of aryl methyl sites for hydroxylation is 1. The molecule has 0 aliphatic rings. The number of hydrogen-bond donors (Lipinski definition) is 4. The van der Waals surface area contributed by atoms with E-state index in [0.29, 0.717) is 18.7 Å². The molecule has 0 atom stereocenters. The maximum absolute atomic E-state index is 11.7. The van der Waals surface area contributed by atoms with Crippen molar-refractivity contribution in [3.8, 4) is 0 Å². The number of hydrogen-bond acceptors (Lipinski definition) is 4. The van der Waals surface area contributed by atoms with E-state index in [4.69, 9.17) is 5.73 Å². The Hall–Kier alpha value is -2.05. The molecule has 0 unspecified atom stereocenters. The molecule has 1 aromatic rings. The largest absolute Gasteiger partial charge is 0.395 e. The zero-order valence-electron chi connectivity index (χ0n) is 10.7. The van der Waals surface area contributed by atoms with E-state index in [9.17, 15) is 9.59 Å². The van der Waals surface area contributed by atoms with Crippen LogP contribution in [0.25, 0.3) is 0 Å². The van der Waals surface area contributed by atoms with Crippen molar-refractivity contribution in [1.82, 2.24) is 20.8 Å². The zero-order chi connectivity index (χ0) is 13.5. The van der Waals surface area contributed by atoms with Gasteiger partial charge in [-0.3, -0.25) is 14.7 Å². The number of nitrogens with two attached hydrogens (primary N) is 1. The van der Waals surface area contributed by atoms with Crippen LogP contribution in [0.15, 0.2) is 0 Å². The summed E-state index contributed by atoms with van der Waals surface area (Å²) in [7, 11) is 0. The van der Waals surface area contributed by atoms with Gasteiger partial charge in [0.05, 0.1) is 17.9 Å². The number of carbonyl (C=O) groups excluding carboxylic acids is 2. The number of anilines is 1. The van der Waals surface area contributed by atoms with E-state index >= 15 is 0 Å². The number of nitrogens with zero attached hydrogens (tertiary/aromatic N) is 1. The monoisotopic (exact) mass is 253 g/mol. The lowest BCUT2D eigenvalue weighted by atomic mass is 10.2. The maximum Gasteiger partial charge on any atom is 0.274 e. The smallest absolute Gasteiger partial charge is 0.274 e. The van der Waals surface area contributed by atoms with Crippen LogP contribution in [-0.2, 0) is 11.2 Å². The first kappa shape index (κ1) is 14.0. The van der Waals surface area contributed by atoms with Crippen LogP contribution in [0.2, 0.25) is 0 Å². The van der Waals surface area contributed by atoms with Crippen LogP contribution in [0.4, 0.5) is 5.69 Å². The molecular formula is C11H19N5O2. The second kappa shape index (κ2) is 6.63.